The molecule has 6 heteroatoms. The Balaban J connectivity index is 1.71. The van der Waals surface area contributed by atoms with Crippen LogP contribution in [0.15, 0.2) is 24.3 Å². The van der Waals surface area contributed by atoms with Crippen LogP contribution in [0, 0.1) is 5.82 Å². The molecule has 0 aliphatic carbocycles. The van der Waals surface area contributed by atoms with Gasteiger partial charge in [0.2, 0.25) is 0 Å². The van der Waals surface area contributed by atoms with Gasteiger partial charge in [-0.1, -0.05) is 18.2 Å². The molecular weight excluding hydrogens is 261 g/mol. The molecule has 0 radical (unpaired) electrons. The summed E-state index contributed by atoms with van der Waals surface area (Å²) in [4.78, 5) is 12.1. The van der Waals surface area contributed by atoms with Crippen molar-refractivity contribution in [2.75, 3.05) is 6.61 Å². The Morgan fingerprint density at radius 3 is 3.15 bits per heavy atom. The van der Waals surface area contributed by atoms with E-state index in [0.717, 1.165) is 17.7 Å². The lowest BCUT2D eigenvalue weighted by Crippen LogP contribution is -2.25. The summed E-state index contributed by atoms with van der Waals surface area (Å²) in [5, 5.41) is 9.55. The maximum atomic E-state index is 13.5. The van der Waals surface area contributed by atoms with Crippen molar-refractivity contribution in [2.24, 2.45) is 0 Å². The number of H-pyrrole nitrogens is 1. The molecule has 104 valence electrons. The van der Waals surface area contributed by atoms with E-state index < -0.39 is 0 Å². The Labute approximate surface area is 115 Å². The van der Waals surface area contributed by atoms with Gasteiger partial charge < -0.3 is 10.1 Å². The fourth-order valence-corrected chi connectivity index (χ4v) is 2.20. The van der Waals surface area contributed by atoms with Crippen molar-refractivity contribution in [2.45, 2.75) is 19.6 Å². The molecule has 0 fully saturated rings. The van der Waals surface area contributed by atoms with Crippen LogP contribution in [0.3, 0.4) is 0 Å². The van der Waals surface area contributed by atoms with Gasteiger partial charge in [-0.25, -0.2) is 4.39 Å². The number of hydrogen-bond donors (Lipinski definition) is 2. The molecule has 5 nitrogen and oxygen atoms in total. The molecule has 3 rings (SSSR count). The molecule has 0 unspecified atom stereocenters. The second-order valence-electron chi connectivity index (χ2n) is 4.61. The Bertz CT molecular complexity index is 639. The summed E-state index contributed by atoms with van der Waals surface area (Å²) in [6.45, 7) is 1.15. The average molecular weight is 275 g/mol. The van der Waals surface area contributed by atoms with E-state index in [9.17, 15) is 9.18 Å². The number of aromatic nitrogens is 2. The minimum atomic E-state index is -0.333. The van der Waals surface area contributed by atoms with Gasteiger partial charge in [0.15, 0.2) is 5.69 Å². The zero-order chi connectivity index (χ0) is 13.9. The zero-order valence-corrected chi connectivity index (χ0v) is 10.8. The van der Waals surface area contributed by atoms with Crippen molar-refractivity contribution in [1.82, 2.24) is 15.5 Å². The molecule has 2 heterocycles. The van der Waals surface area contributed by atoms with E-state index in [1.807, 2.05) is 0 Å². The summed E-state index contributed by atoms with van der Waals surface area (Å²) in [5.74, 6) is -0.656. The largest absolute Gasteiger partial charge is 0.376 e. The van der Waals surface area contributed by atoms with E-state index in [4.69, 9.17) is 4.74 Å². The predicted octanol–water partition coefficient (Wildman–Crippen LogP) is 1.55. The van der Waals surface area contributed by atoms with Gasteiger partial charge in [0, 0.05) is 29.8 Å². The molecular formula is C14H14FN3O2. The molecule has 20 heavy (non-hydrogen) atoms. The van der Waals surface area contributed by atoms with Gasteiger partial charge in [-0.2, -0.15) is 5.10 Å². The van der Waals surface area contributed by atoms with Gasteiger partial charge in [0.05, 0.1) is 13.2 Å². The fourth-order valence-electron chi connectivity index (χ4n) is 2.20. The minimum Gasteiger partial charge on any atom is -0.376 e. The molecule has 2 aromatic rings. The summed E-state index contributed by atoms with van der Waals surface area (Å²) >= 11 is 0. The normalized spacial score (nSPS) is 13.8. The van der Waals surface area contributed by atoms with Crippen LogP contribution in [0.4, 0.5) is 4.39 Å². The highest BCUT2D eigenvalue weighted by molar-refractivity contribution is 5.93. The van der Waals surface area contributed by atoms with Gasteiger partial charge in [-0.3, -0.25) is 9.89 Å². The first kappa shape index (κ1) is 12.8. The molecule has 0 atom stereocenters. The van der Waals surface area contributed by atoms with E-state index in [2.05, 4.69) is 15.5 Å². The highest BCUT2D eigenvalue weighted by atomic mass is 19.1. The molecule has 1 aromatic heterocycles. The van der Waals surface area contributed by atoms with Crippen LogP contribution in [-0.4, -0.2) is 22.7 Å². The molecule has 2 N–H and O–H groups in total. The van der Waals surface area contributed by atoms with Crippen LogP contribution in [0.5, 0.6) is 0 Å². The summed E-state index contributed by atoms with van der Waals surface area (Å²) in [7, 11) is 0. The molecule has 1 aliphatic rings. The number of benzene rings is 1. The van der Waals surface area contributed by atoms with E-state index in [0.29, 0.717) is 24.5 Å². The average Bonchev–Trinajstić information content (AvgIpc) is 2.90. The van der Waals surface area contributed by atoms with E-state index in [-0.39, 0.29) is 18.3 Å². The third-order valence-electron chi connectivity index (χ3n) is 3.31. The molecule has 1 aromatic carbocycles. The number of aromatic amines is 1. The molecule has 1 amide bonds. The number of rotatable bonds is 3. The third kappa shape index (κ3) is 2.42. The van der Waals surface area contributed by atoms with E-state index >= 15 is 0 Å². The van der Waals surface area contributed by atoms with E-state index in [1.54, 1.807) is 18.2 Å². The number of hydrogen-bond acceptors (Lipinski definition) is 3. The SMILES string of the molecule is O=C(NCc1ccccc1F)c1n[nH]c2c1COCC2. The number of ether oxygens (including phenoxy) is 1. The number of amides is 1. The summed E-state index contributed by atoms with van der Waals surface area (Å²) in [5.41, 5.74) is 2.51. The predicted molar refractivity (Wildman–Crippen MR) is 69.5 cm³/mol. The van der Waals surface area contributed by atoms with Crippen molar-refractivity contribution >= 4 is 5.91 Å². The maximum Gasteiger partial charge on any atom is 0.272 e. The van der Waals surface area contributed by atoms with Gasteiger partial charge in [0.25, 0.3) is 5.91 Å². The zero-order valence-electron chi connectivity index (χ0n) is 10.8. The topological polar surface area (TPSA) is 67.0 Å². The number of halogens is 1. The molecule has 0 spiro atoms. The summed E-state index contributed by atoms with van der Waals surface area (Å²) < 4.78 is 18.8. The Morgan fingerprint density at radius 2 is 2.30 bits per heavy atom. The first-order valence-electron chi connectivity index (χ1n) is 6.41. The highest BCUT2D eigenvalue weighted by Crippen LogP contribution is 2.18. The van der Waals surface area contributed by atoms with Crippen molar-refractivity contribution in [3.63, 3.8) is 0 Å². The number of carbonyl (C=O) groups excluding carboxylic acids is 1. The lowest BCUT2D eigenvalue weighted by atomic mass is 10.1. The van der Waals surface area contributed by atoms with Crippen molar-refractivity contribution in [3.05, 3.63) is 52.6 Å². The van der Waals surface area contributed by atoms with Crippen LogP contribution < -0.4 is 5.32 Å². The van der Waals surface area contributed by atoms with Crippen molar-refractivity contribution in [1.29, 1.82) is 0 Å². The molecule has 0 saturated heterocycles. The lowest BCUT2D eigenvalue weighted by molar-refractivity contribution is 0.0922. The Hall–Kier alpha value is -2.21. The first-order chi connectivity index (χ1) is 9.75. The van der Waals surface area contributed by atoms with Gasteiger partial charge >= 0.3 is 0 Å². The monoisotopic (exact) mass is 275 g/mol. The number of nitrogens with zero attached hydrogens (tertiary/aromatic N) is 1. The second-order valence-corrected chi connectivity index (χ2v) is 4.61. The minimum absolute atomic E-state index is 0.133. The molecule has 0 bridgehead atoms. The van der Waals surface area contributed by atoms with Gasteiger partial charge in [-0.15, -0.1) is 0 Å². The highest BCUT2D eigenvalue weighted by Gasteiger charge is 2.22. The quantitative estimate of drug-likeness (QED) is 0.893. The molecule has 1 aliphatic heterocycles. The summed E-state index contributed by atoms with van der Waals surface area (Å²) in [6, 6.07) is 6.35. The van der Waals surface area contributed by atoms with Crippen LogP contribution in [-0.2, 0) is 24.3 Å². The third-order valence-corrected chi connectivity index (χ3v) is 3.31. The van der Waals surface area contributed by atoms with E-state index in [1.165, 1.54) is 6.07 Å². The van der Waals surface area contributed by atoms with Crippen molar-refractivity contribution in [3.8, 4) is 0 Å². The fraction of sp³-hybridized carbons (Fsp3) is 0.286. The van der Waals surface area contributed by atoms with Gasteiger partial charge in [0.1, 0.15) is 5.82 Å². The number of carbonyl (C=O) groups is 1. The lowest BCUT2D eigenvalue weighted by Gasteiger charge is -2.12. The van der Waals surface area contributed by atoms with Crippen LogP contribution >= 0.6 is 0 Å². The maximum absolute atomic E-state index is 13.5. The smallest absolute Gasteiger partial charge is 0.272 e. The number of nitrogens with one attached hydrogen (secondary N) is 2. The van der Waals surface area contributed by atoms with Crippen LogP contribution in [0.2, 0.25) is 0 Å². The summed E-state index contributed by atoms with van der Waals surface area (Å²) in [6.07, 6.45) is 0.725. The second kappa shape index (κ2) is 5.42. The Kier molecular flexibility index (Phi) is 3.47. The molecule has 0 saturated carbocycles. The van der Waals surface area contributed by atoms with Gasteiger partial charge in [-0.05, 0) is 6.07 Å². The number of fused-ring (bicyclic) bond motifs is 1. The standard InChI is InChI=1S/C14H14FN3O2/c15-11-4-2-1-3-9(11)7-16-14(19)13-10-8-20-6-5-12(10)17-18-13/h1-4H,5-8H2,(H,16,19)(H,17,18). The van der Waals surface area contributed by atoms with Crippen LogP contribution in [0.25, 0.3) is 0 Å². The first-order valence-corrected chi connectivity index (χ1v) is 6.41. The Morgan fingerprint density at radius 1 is 1.45 bits per heavy atom. The van der Waals surface area contributed by atoms with Crippen molar-refractivity contribution < 1.29 is 13.9 Å². The van der Waals surface area contributed by atoms with Crippen LogP contribution in [0.1, 0.15) is 27.3 Å².